The molecule has 124 valence electrons. The molecule has 4 heteroatoms. The van der Waals surface area contributed by atoms with Crippen molar-refractivity contribution in [1.29, 1.82) is 0 Å². The molecular formula is C18H29NO3. The average molecular weight is 307 g/mol. The number of likely N-dealkylation sites (N-methyl/N-ethyl adjacent to an activating group) is 1. The highest BCUT2D eigenvalue weighted by Crippen LogP contribution is 2.34. The molecule has 0 amide bonds. The first-order valence-electron chi connectivity index (χ1n) is 7.74. The summed E-state index contributed by atoms with van der Waals surface area (Å²) in [7, 11) is 3.89. The van der Waals surface area contributed by atoms with Crippen LogP contribution in [0.5, 0.6) is 5.75 Å². The Morgan fingerprint density at radius 1 is 1.27 bits per heavy atom. The van der Waals surface area contributed by atoms with Crippen molar-refractivity contribution >= 4 is 5.97 Å². The molecule has 1 aromatic rings. The summed E-state index contributed by atoms with van der Waals surface area (Å²) in [6, 6.07) is 3.94. The minimum Gasteiger partial charge on any atom is -0.507 e. The summed E-state index contributed by atoms with van der Waals surface area (Å²) in [5.41, 5.74) is 2.70. The number of phenols is 1. The van der Waals surface area contributed by atoms with E-state index in [0.717, 1.165) is 23.2 Å². The zero-order valence-electron chi connectivity index (χ0n) is 14.7. The molecule has 0 heterocycles. The van der Waals surface area contributed by atoms with Crippen LogP contribution >= 0.6 is 0 Å². The van der Waals surface area contributed by atoms with Gasteiger partial charge in [-0.25, -0.2) is 0 Å². The Labute approximate surface area is 134 Å². The van der Waals surface area contributed by atoms with Gasteiger partial charge in [0.2, 0.25) is 0 Å². The number of benzene rings is 1. The van der Waals surface area contributed by atoms with E-state index in [2.05, 4.69) is 20.8 Å². The summed E-state index contributed by atoms with van der Waals surface area (Å²) in [6.07, 6.45) is 0.992. The Kier molecular flexibility index (Phi) is 6.42. The van der Waals surface area contributed by atoms with Gasteiger partial charge >= 0.3 is 5.97 Å². The van der Waals surface area contributed by atoms with Gasteiger partial charge in [0, 0.05) is 13.0 Å². The van der Waals surface area contributed by atoms with Crippen molar-refractivity contribution in [2.75, 3.05) is 27.2 Å². The van der Waals surface area contributed by atoms with Crippen LogP contribution in [-0.4, -0.2) is 43.2 Å². The third-order valence-electron chi connectivity index (χ3n) is 3.59. The highest BCUT2D eigenvalue weighted by atomic mass is 16.5. The van der Waals surface area contributed by atoms with E-state index in [1.54, 1.807) is 0 Å². The number of aryl methyl sites for hydroxylation is 2. The fourth-order valence-corrected chi connectivity index (χ4v) is 2.23. The quantitative estimate of drug-likeness (QED) is 0.821. The fourth-order valence-electron chi connectivity index (χ4n) is 2.23. The van der Waals surface area contributed by atoms with Gasteiger partial charge in [-0.05, 0) is 49.5 Å². The number of hydrogen-bond donors (Lipinski definition) is 1. The van der Waals surface area contributed by atoms with Gasteiger partial charge in [0.15, 0.2) is 0 Å². The molecule has 0 spiro atoms. The molecule has 0 unspecified atom stereocenters. The average Bonchev–Trinajstić information content (AvgIpc) is 2.38. The zero-order chi connectivity index (χ0) is 16.9. The van der Waals surface area contributed by atoms with Crippen LogP contribution in [0.3, 0.4) is 0 Å². The van der Waals surface area contributed by atoms with E-state index in [0.29, 0.717) is 25.2 Å². The van der Waals surface area contributed by atoms with Crippen LogP contribution in [0, 0.1) is 6.92 Å². The number of phenolic OH excluding ortho intramolecular Hbond substituents is 1. The van der Waals surface area contributed by atoms with E-state index in [-0.39, 0.29) is 11.4 Å². The molecule has 0 aromatic heterocycles. The maximum Gasteiger partial charge on any atom is 0.306 e. The van der Waals surface area contributed by atoms with Gasteiger partial charge in [0.05, 0.1) is 0 Å². The lowest BCUT2D eigenvalue weighted by Gasteiger charge is -2.22. The minimum atomic E-state index is -0.176. The lowest BCUT2D eigenvalue weighted by Crippen LogP contribution is -2.20. The molecule has 4 nitrogen and oxygen atoms in total. The smallest absolute Gasteiger partial charge is 0.306 e. The summed E-state index contributed by atoms with van der Waals surface area (Å²) in [5, 5.41) is 10.2. The van der Waals surface area contributed by atoms with Crippen LogP contribution < -0.4 is 0 Å². The Hall–Kier alpha value is -1.55. The minimum absolute atomic E-state index is 0.128. The van der Waals surface area contributed by atoms with Crippen LogP contribution in [0.2, 0.25) is 0 Å². The van der Waals surface area contributed by atoms with Crippen LogP contribution in [0.15, 0.2) is 12.1 Å². The first-order valence-corrected chi connectivity index (χ1v) is 7.74. The zero-order valence-corrected chi connectivity index (χ0v) is 14.7. The van der Waals surface area contributed by atoms with Gasteiger partial charge in [-0.3, -0.25) is 4.79 Å². The number of esters is 1. The molecule has 0 saturated heterocycles. The predicted octanol–water partition coefficient (Wildman–Crippen LogP) is 3.04. The highest BCUT2D eigenvalue weighted by Gasteiger charge is 2.20. The summed E-state index contributed by atoms with van der Waals surface area (Å²) in [4.78, 5) is 13.7. The largest absolute Gasteiger partial charge is 0.507 e. The van der Waals surface area contributed by atoms with E-state index < -0.39 is 0 Å². The van der Waals surface area contributed by atoms with Gasteiger partial charge in [-0.2, -0.15) is 0 Å². The Bertz CT molecular complexity index is 516. The molecule has 0 bridgehead atoms. The highest BCUT2D eigenvalue weighted by molar-refractivity contribution is 5.69. The summed E-state index contributed by atoms with van der Waals surface area (Å²) >= 11 is 0. The maximum absolute atomic E-state index is 11.7. The van der Waals surface area contributed by atoms with E-state index in [1.807, 2.05) is 38.1 Å². The van der Waals surface area contributed by atoms with Crippen molar-refractivity contribution in [3.8, 4) is 5.75 Å². The summed E-state index contributed by atoms with van der Waals surface area (Å²) < 4.78 is 5.20. The van der Waals surface area contributed by atoms with Crippen molar-refractivity contribution in [2.24, 2.45) is 0 Å². The first kappa shape index (κ1) is 18.5. The number of aromatic hydroxyl groups is 1. The Balaban J connectivity index is 2.67. The predicted molar refractivity (Wildman–Crippen MR) is 89.4 cm³/mol. The third kappa shape index (κ3) is 5.68. The van der Waals surface area contributed by atoms with Crippen molar-refractivity contribution in [2.45, 2.75) is 46.0 Å². The lowest BCUT2D eigenvalue weighted by atomic mass is 9.83. The second kappa shape index (κ2) is 7.63. The first-order chi connectivity index (χ1) is 10.1. The molecule has 1 rings (SSSR count). The number of carbonyl (C=O) groups is 1. The standard InChI is InChI=1S/C18H29NO3/c1-13-11-14(12-15(17(13)21)18(2,3)4)7-8-16(20)22-10-9-19(5)6/h11-12,21H,7-10H2,1-6H3. The number of carbonyl (C=O) groups excluding carboxylic acids is 1. The van der Waals surface area contributed by atoms with Crippen LogP contribution in [0.1, 0.15) is 43.9 Å². The molecule has 0 radical (unpaired) electrons. The van der Waals surface area contributed by atoms with Gasteiger partial charge in [0.25, 0.3) is 0 Å². The van der Waals surface area contributed by atoms with Crippen LogP contribution in [0.4, 0.5) is 0 Å². The van der Waals surface area contributed by atoms with E-state index in [1.165, 1.54) is 0 Å². The fraction of sp³-hybridized carbons (Fsp3) is 0.611. The number of hydrogen-bond acceptors (Lipinski definition) is 4. The lowest BCUT2D eigenvalue weighted by molar-refractivity contribution is -0.143. The van der Waals surface area contributed by atoms with Crippen molar-refractivity contribution in [3.63, 3.8) is 0 Å². The Morgan fingerprint density at radius 2 is 1.91 bits per heavy atom. The molecule has 0 aliphatic rings. The van der Waals surface area contributed by atoms with E-state index >= 15 is 0 Å². The molecule has 22 heavy (non-hydrogen) atoms. The normalized spacial score (nSPS) is 11.8. The van der Waals surface area contributed by atoms with Crippen molar-refractivity contribution in [1.82, 2.24) is 4.90 Å². The summed E-state index contributed by atoms with van der Waals surface area (Å²) in [6.45, 7) is 9.26. The topological polar surface area (TPSA) is 49.8 Å². The van der Waals surface area contributed by atoms with Gasteiger partial charge in [-0.1, -0.05) is 32.9 Å². The second-order valence-corrected chi connectivity index (χ2v) is 7.08. The van der Waals surface area contributed by atoms with Gasteiger partial charge < -0.3 is 14.7 Å². The Morgan fingerprint density at radius 3 is 2.45 bits per heavy atom. The van der Waals surface area contributed by atoms with Crippen molar-refractivity contribution < 1.29 is 14.6 Å². The third-order valence-corrected chi connectivity index (χ3v) is 3.59. The van der Waals surface area contributed by atoms with E-state index in [9.17, 15) is 9.90 Å². The molecule has 0 aliphatic heterocycles. The molecule has 0 aliphatic carbocycles. The summed E-state index contributed by atoms with van der Waals surface area (Å²) in [5.74, 6) is 0.176. The van der Waals surface area contributed by atoms with Gasteiger partial charge in [-0.15, -0.1) is 0 Å². The number of ether oxygens (including phenoxy) is 1. The van der Waals surface area contributed by atoms with Crippen molar-refractivity contribution in [3.05, 3.63) is 28.8 Å². The molecule has 1 N–H and O–H groups in total. The monoisotopic (exact) mass is 307 g/mol. The van der Waals surface area contributed by atoms with Gasteiger partial charge in [0.1, 0.15) is 12.4 Å². The number of rotatable bonds is 6. The molecule has 0 saturated carbocycles. The maximum atomic E-state index is 11.7. The molecule has 0 atom stereocenters. The van der Waals surface area contributed by atoms with Crippen LogP contribution in [0.25, 0.3) is 0 Å². The molecular weight excluding hydrogens is 278 g/mol. The number of nitrogens with zero attached hydrogens (tertiary/aromatic N) is 1. The molecule has 0 fully saturated rings. The SMILES string of the molecule is Cc1cc(CCC(=O)OCCN(C)C)cc(C(C)(C)C)c1O. The van der Waals surface area contributed by atoms with Crippen LogP contribution in [-0.2, 0) is 21.4 Å². The second-order valence-electron chi connectivity index (χ2n) is 7.08. The molecule has 1 aromatic carbocycles. The van der Waals surface area contributed by atoms with E-state index in [4.69, 9.17) is 4.74 Å².